The van der Waals surface area contributed by atoms with Gasteiger partial charge in [-0.3, -0.25) is 19.6 Å². The standard InChI is InChI=1S/C45H48N10O6/c1-26(2)38(52-44(58)60-3)42(56)54-18-8-12-36(54)40-48-24-34(50-40)30-16-17-32(46-22-30)29-15-14-28-20-31(23-47-33(28)21-29)35-25-49-41(51-35)37-13-9-19-55(37)43(57)39(53-45(59)61-4)27-10-6-5-7-11-27/h5-7,10-11,14-17,20-26,36-39H,8-9,12-13,18-19H2,1-4H3,(H,48,50)(H,49,51)(H,52,58)(H,53,59). The van der Waals surface area contributed by atoms with Crippen molar-refractivity contribution >= 4 is 34.9 Å². The summed E-state index contributed by atoms with van der Waals surface area (Å²) in [6, 6.07) is 19.1. The van der Waals surface area contributed by atoms with Crippen molar-refractivity contribution < 1.29 is 28.7 Å². The first-order valence-corrected chi connectivity index (χ1v) is 20.4. The highest BCUT2D eigenvalue weighted by Crippen LogP contribution is 2.36. The summed E-state index contributed by atoms with van der Waals surface area (Å²) in [6.07, 6.45) is 8.93. The molecule has 4 atom stereocenters. The quantitative estimate of drug-likeness (QED) is 0.107. The van der Waals surface area contributed by atoms with Crippen LogP contribution >= 0.6 is 0 Å². The molecule has 61 heavy (non-hydrogen) atoms. The highest BCUT2D eigenvalue weighted by atomic mass is 16.5. The summed E-state index contributed by atoms with van der Waals surface area (Å²) in [5.74, 6) is 0.854. The minimum Gasteiger partial charge on any atom is -0.453 e. The maximum atomic E-state index is 13.9. The van der Waals surface area contributed by atoms with Gasteiger partial charge in [-0.05, 0) is 61.4 Å². The number of carbonyl (C=O) groups excluding carboxylic acids is 4. The highest BCUT2D eigenvalue weighted by Gasteiger charge is 2.39. The van der Waals surface area contributed by atoms with Crippen molar-refractivity contribution in [3.8, 4) is 33.8 Å². The number of H-pyrrole nitrogens is 2. The van der Waals surface area contributed by atoms with Gasteiger partial charge in [-0.25, -0.2) is 19.6 Å². The summed E-state index contributed by atoms with van der Waals surface area (Å²) in [4.78, 5) is 81.0. The SMILES string of the molecule is COC(=O)NC(C(=O)N1CCCC1c1ncc(-c2cnc3cc(-c4ccc(-c5cnc(C6CCCN6C(=O)C(NC(=O)OC)C(C)C)[nH]5)cn4)ccc3c2)[nH]1)c1ccccc1. The first-order valence-electron chi connectivity index (χ1n) is 20.4. The predicted molar refractivity (Wildman–Crippen MR) is 226 cm³/mol. The van der Waals surface area contributed by atoms with E-state index in [2.05, 4.69) is 31.7 Å². The second-order valence-electron chi connectivity index (χ2n) is 15.6. The van der Waals surface area contributed by atoms with Gasteiger partial charge in [0.25, 0.3) is 5.91 Å². The Balaban J connectivity index is 0.943. The van der Waals surface area contributed by atoms with Crippen LogP contribution in [0.2, 0.25) is 0 Å². The van der Waals surface area contributed by atoms with Crippen molar-refractivity contribution in [1.82, 2.24) is 50.3 Å². The molecule has 4 unspecified atom stereocenters. The molecule has 0 spiro atoms. The Kier molecular flexibility index (Phi) is 11.8. The average Bonchev–Trinajstić information content (AvgIpc) is 4.14. The van der Waals surface area contributed by atoms with Gasteiger partial charge in [-0.15, -0.1) is 0 Å². The van der Waals surface area contributed by atoms with E-state index >= 15 is 0 Å². The molecule has 2 aliphatic heterocycles. The Morgan fingerprint density at radius 3 is 1.90 bits per heavy atom. The van der Waals surface area contributed by atoms with Crippen LogP contribution in [-0.2, 0) is 19.1 Å². The van der Waals surface area contributed by atoms with Gasteiger partial charge in [-0.1, -0.05) is 56.3 Å². The number of aromatic nitrogens is 6. The van der Waals surface area contributed by atoms with Crippen LogP contribution in [0, 0.1) is 5.92 Å². The number of carbonyl (C=O) groups is 4. The van der Waals surface area contributed by atoms with Crippen molar-refractivity contribution in [1.29, 1.82) is 0 Å². The van der Waals surface area contributed by atoms with Crippen molar-refractivity contribution in [2.75, 3.05) is 27.3 Å². The first kappa shape index (κ1) is 40.7. The number of nitrogens with one attached hydrogen (secondary N) is 4. The summed E-state index contributed by atoms with van der Waals surface area (Å²) in [5.41, 5.74) is 6.45. The van der Waals surface area contributed by atoms with E-state index in [1.807, 2.05) is 74.5 Å². The molecule has 4 aromatic heterocycles. The second-order valence-corrected chi connectivity index (χ2v) is 15.6. The van der Waals surface area contributed by atoms with Crippen LogP contribution in [0.5, 0.6) is 0 Å². The molecule has 16 heteroatoms. The molecule has 6 heterocycles. The minimum absolute atomic E-state index is 0.119. The normalized spacial score (nSPS) is 17.3. The topological polar surface area (TPSA) is 200 Å². The van der Waals surface area contributed by atoms with Gasteiger partial charge in [0.2, 0.25) is 5.91 Å². The van der Waals surface area contributed by atoms with Crippen LogP contribution in [0.3, 0.4) is 0 Å². The Morgan fingerprint density at radius 2 is 1.28 bits per heavy atom. The van der Waals surface area contributed by atoms with Crippen molar-refractivity contribution in [3.63, 3.8) is 0 Å². The number of likely N-dealkylation sites (tertiary alicyclic amines) is 2. The van der Waals surface area contributed by atoms with Crippen molar-refractivity contribution in [3.05, 3.63) is 109 Å². The third-order valence-corrected chi connectivity index (χ3v) is 11.5. The molecular formula is C45H48N10O6. The molecule has 0 saturated carbocycles. The Labute approximate surface area is 352 Å². The molecule has 0 bridgehead atoms. The first-order chi connectivity index (χ1) is 29.6. The van der Waals surface area contributed by atoms with Gasteiger partial charge in [-0.2, -0.15) is 0 Å². The number of aromatic amines is 2. The van der Waals surface area contributed by atoms with E-state index in [1.165, 1.54) is 14.2 Å². The summed E-state index contributed by atoms with van der Waals surface area (Å²) in [5, 5.41) is 6.34. The molecule has 6 aromatic rings. The number of methoxy groups -OCH3 is 2. The zero-order valence-electron chi connectivity index (χ0n) is 34.4. The predicted octanol–water partition coefficient (Wildman–Crippen LogP) is 6.88. The molecule has 16 nitrogen and oxygen atoms in total. The lowest BCUT2D eigenvalue weighted by Gasteiger charge is -2.30. The average molecular weight is 825 g/mol. The van der Waals surface area contributed by atoms with Gasteiger partial charge in [0.1, 0.15) is 23.7 Å². The van der Waals surface area contributed by atoms with Crippen LogP contribution in [0.25, 0.3) is 44.7 Å². The Hall–Kier alpha value is -7.10. The maximum Gasteiger partial charge on any atom is 0.407 e. The summed E-state index contributed by atoms with van der Waals surface area (Å²) in [7, 11) is 2.56. The molecular weight excluding hydrogens is 777 g/mol. The number of nitrogens with zero attached hydrogens (tertiary/aromatic N) is 6. The number of amides is 4. The molecule has 4 N–H and O–H groups in total. The molecule has 8 rings (SSSR count). The minimum atomic E-state index is -0.896. The highest BCUT2D eigenvalue weighted by molar-refractivity contribution is 5.89. The van der Waals surface area contributed by atoms with Crippen molar-refractivity contribution in [2.45, 2.75) is 63.7 Å². The maximum absolute atomic E-state index is 13.9. The van der Waals surface area contributed by atoms with E-state index in [0.717, 1.165) is 70.4 Å². The second kappa shape index (κ2) is 17.6. The summed E-state index contributed by atoms with van der Waals surface area (Å²) < 4.78 is 9.59. The summed E-state index contributed by atoms with van der Waals surface area (Å²) in [6.45, 7) is 4.90. The molecule has 2 aliphatic rings. The number of ether oxygens (including phenoxy) is 2. The molecule has 2 saturated heterocycles. The van der Waals surface area contributed by atoms with E-state index in [-0.39, 0.29) is 29.8 Å². The van der Waals surface area contributed by atoms with Gasteiger partial charge in [0, 0.05) is 47.6 Å². The fourth-order valence-electron chi connectivity index (χ4n) is 8.24. The van der Waals surface area contributed by atoms with Crippen LogP contribution < -0.4 is 10.6 Å². The lowest BCUT2D eigenvalue weighted by Crippen LogP contribution is -2.51. The van der Waals surface area contributed by atoms with E-state index in [9.17, 15) is 19.2 Å². The number of benzene rings is 2. The monoisotopic (exact) mass is 824 g/mol. The van der Waals surface area contributed by atoms with E-state index in [4.69, 9.17) is 24.4 Å². The van der Waals surface area contributed by atoms with E-state index < -0.39 is 24.3 Å². The lowest BCUT2D eigenvalue weighted by atomic mass is 10.0. The third kappa shape index (κ3) is 8.51. The summed E-state index contributed by atoms with van der Waals surface area (Å²) >= 11 is 0. The fraction of sp³-hybridized carbons (Fsp3) is 0.333. The van der Waals surface area contributed by atoms with Gasteiger partial charge in [0.05, 0.1) is 61.3 Å². The zero-order chi connectivity index (χ0) is 42.6. The van der Waals surface area contributed by atoms with Gasteiger partial charge >= 0.3 is 12.2 Å². The number of pyridine rings is 2. The number of hydrogen-bond acceptors (Lipinski definition) is 10. The van der Waals surface area contributed by atoms with Crippen LogP contribution in [0.4, 0.5) is 9.59 Å². The molecule has 0 aliphatic carbocycles. The van der Waals surface area contributed by atoms with E-state index in [1.54, 1.807) is 34.6 Å². The van der Waals surface area contributed by atoms with Gasteiger partial charge < -0.3 is 39.9 Å². The molecule has 314 valence electrons. The largest absolute Gasteiger partial charge is 0.453 e. The lowest BCUT2D eigenvalue weighted by molar-refractivity contribution is -0.135. The number of rotatable bonds is 11. The number of hydrogen-bond donors (Lipinski definition) is 4. The molecule has 2 aromatic carbocycles. The van der Waals surface area contributed by atoms with E-state index in [0.29, 0.717) is 30.3 Å². The van der Waals surface area contributed by atoms with Crippen LogP contribution in [0.15, 0.2) is 91.5 Å². The van der Waals surface area contributed by atoms with Crippen molar-refractivity contribution in [2.24, 2.45) is 5.92 Å². The van der Waals surface area contributed by atoms with Crippen LogP contribution in [0.1, 0.15) is 74.9 Å². The number of imidazole rings is 2. The van der Waals surface area contributed by atoms with Gasteiger partial charge in [0.15, 0.2) is 0 Å². The third-order valence-electron chi connectivity index (χ3n) is 11.5. The molecule has 4 amide bonds. The van der Waals surface area contributed by atoms with Crippen LogP contribution in [-0.4, -0.2) is 97.1 Å². The number of alkyl carbamates (subject to hydrolysis) is 2. The fourth-order valence-corrected chi connectivity index (χ4v) is 8.24. The molecule has 0 radical (unpaired) electrons. The smallest absolute Gasteiger partial charge is 0.407 e. The Morgan fingerprint density at radius 1 is 0.672 bits per heavy atom. The zero-order valence-corrected chi connectivity index (χ0v) is 34.4. The molecule has 2 fully saturated rings. The number of fused-ring (bicyclic) bond motifs is 1. The Bertz CT molecular complexity index is 2540.